The first-order valence-electron chi connectivity index (χ1n) is 4.41. The van der Waals surface area contributed by atoms with E-state index in [1.54, 1.807) is 6.92 Å². The lowest BCUT2D eigenvalue weighted by Gasteiger charge is -2.28. The van der Waals surface area contributed by atoms with Crippen LogP contribution >= 0.6 is 0 Å². The predicted octanol–water partition coefficient (Wildman–Crippen LogP) is 1.16. The SMILES string of the molecule is CCOC(=O)[C@@H](C=O)C1CCC1. The van der Waals surface area contributed by atoms with Gasteiger partial charge < -0.3 is 9.53 Å². The zero-order valence-corrected chi connectivity index (χ0v) is 7.29. The molecule has 0 aliphatic heterocycles. The number of carbonyl (C=O) groups excluding carboxylic acids is 2. The zero-order chi connectivity index (χ0) is 8.97. The number of aldehydes is 1. The maximum Gasteiger partial charge on any atom is 0.316 e. The topological polar surface area (TPSA) is 43.4 Å². The Kier molecular flexibility index (Phi) is 3.26. The van der Waals surface area contributed by atoms with Crippen LogP contribution in [0.5, 0.6) is 0 Å². The van der Waals surface area contributed by atoms with Crippen molar-refractivity contribution in [3.8, 4) is 0 Å². The molecule has 1 fully saturated rings. The summed E-state index contributed by atoms with van der Waals surface area (Å²) in [4.78, 5) is 21.7. The van der Waals surface area contributed by atoms with Gasteiger partial charge in [0.25, 0.3) is 0 Å². The van der Waals surface area contributed by atoms with Crippen LogP contribution in [0, 0.1) is 11.8 Å². The largest absolute Gasteiger partial charge is 0.465 e. The van der Waals surface area contributed by atoms with Gasteiger partial charge in [0.1, 0.15) is 12.2 Å². The van der Waals surface area contributed by atoms with Crippen molar-refractivity contribution in [1.29, 1.82) is 0 Å². The van der Waals surface area contributed by atoms with Crippen LogP contribution in [0.25, 0.3) is 0 Å². The van der Waals surface area contributed by atoms with E-state index in [1.807, 2.05) is 0 Å². The van der Waals surface area contributed by atoms with Gasteiger partial charge in [0.15, 0.2) is 0 Å². The fourth-order valence-corrected chi connectivity index (χ4v) is 1.40. The van der Waals surface area contributed by atoms with E-state index in [9.17, 15) is 9.59 Å². The van der Waals surface area contributed by atoms with Crippen molar-refractivity contribution in [3.63, 3.8) is 0 Å². The van der Waals surface area contributed by atoms with Gasteiger partial charge in [0.05, 0.1) is 6.61 Å². The Labute approximate surface area is 72.1 Å². The van der Waals surface area contributed by atoms with Crippen molar-refractivity contribution in [1.82, 2.24) is 0 Å². The van der Waals surface area contributed by atoms with Crippen molar-refractivity contribution < 1.29 is 14.3 Å². The summed E-state index contributed by atoms with van der Waals surface area (Å²) in [6.45, 7) is 2.11. The minimum Gasteiger partial charge on any atom is -0.465 e. The third-order valence-corrected chi connectivity index (χ3v) is 2.36. The van der Waals surface area contributed by atoms with E-state index in [0.29, 0.717) is 6.61 Å². The van der Waals surface area contributed by atoms with E-state index in [4.69, 9.17) is 4.74 Å². The first-order valence-corrected chi connectivity index (χ1v) is 4.41. The second kappa shape index (κ2) is 4.24. The molecule has 0 amide bonds. The molecule has 68 valence electrons. The molecule has 3 heteroatoms. The minimum atomic E-state index is -0.501. The Morgan fingerprint density at radius 3 is 2.67 bits per heavy atom. The van der Waals surface area contributed by atoms with Gasteiger partial charge in [0.2, 0.25) is 0 Å². The van der Waals surface area contributed by atoms with Crippen LogP contribution in [-0.4, -0.2) is 18.9 Å². The molecule has 1 saturated carbocycles. The summed E-state index contributed by atoms with van der Waals surface area (Å²) in [6, 6.07) is 0. The first-order chi connectivity index (χ1) is 5.79. The summed E-state index contributed by atoms with van der Waals surface area (Å²) in [6.07, 6.45) is 3.83. The van der Waals surface area contributed by atoms with Crippen LogP contribution in [0.4, 0.5) is 0 Å². The second-order valence-corrected chi connectivity index (χ2v) is 3.10. The highest BCUT2D eigenvalue weighted by Gasteiger charge is 2.33. The van der Waals surface area contributed by atoms with Gasteiger partial charge in [-0.15, -0.1) is 0 Å². The van der Waals surface area contributed by atoms with Crippen LogP contribution in [0.2, 0.25) is 0 Å². The van der Waals surface area contributed by atoms with Gasteiger partial charge in [0, 0.05) is 0 Å². The molecule has 0 aromatic carbocycles. The maximum absolute atomic E-state index is 11.2. The van der Waals surface area contributed by atoms with Crippen molar-refractivity contribution in [2.24, 2.45) is 11.8 Å². The van der Waals surface area contributed by atoms with Gasteiger partial charge in [-0.25, -0.2) is 0 Å². The van der Waals surface area contributed by atoms with Crippen LogP contribution in [0.3, 0.4) is 0 Å². The molecule has 0 unspecified atom stereocenters. The number of carbonyl (C=O) groups is 2. The summed E-state index contributed by atoms with van der Waals surface area (Å²) in [5.74, 6) is -0.600. The third-order valence-electron chi connectivity index (χ3n) is 2.36. The van der Waals surface area contributed by atoms with E-state index in [0.717, 1.165) is 25.5 Å². The summed E-state index contributed by atoms with van der Waals surface area (Å²) < 4.78 is 4.78. The maximum atomic E-state index is 11.2. The first kappa shape index (κ1) is 9.23. The molecular weight excluding hydrogens is 156 g/mol. The van der Waals surface area contributed by atoms with Crippen LogP contribution in [-0.2, 0) is 14.3 Å². The number of esters is 1. The van der Waals surface area contributed by atoms with E-state index in [2.05, 4.69) is 0 Å². The minimum absolute atomic E-state index is 0.251. The van der Waals surface area contributed by atoms with Gasteiger partial charge in [-0.1, -0.05) is 6.42 Å². The smallest absolute Gasteiger partial charge is 0.316 e. The second-order valence-electron chi connectivity index (χ2n) is 3.10. The molecule has 0 bridgehead atoms. The Hall–Kier alpha value is -0.860. The Morgan fingerprint density at radius 1 is 1.67 bits per heavy atom. The Morgan fingerprint density at radius 2 is 2.33 bits per heavy atom. The average Bonchev–Trinajstić information content (AvgIpc) is 1.96. The standard InChI is InChI=1S/C9H14O3/c1-2-12-9(11)8(6-10)7-4-3-5-7/h6-8H,2-5H2,1H3/t8-/m0/s1. The van der Waals surface area contributed by atoms with Crippen molar-refractivity contribution in [2.45, 2.75) is 26.2 Å². The highest BCUT2D eigenvalue weighted by atomic mass is 16.5. The van der Waals surface area contributed by atoms with Crippen LogP contribution in [0.15, 0.2) is 0 Å². The van der Waals surface area contributed by atoms with Crippen molar-refractivity contribution in [2.75, 3.05) is 6.61 Å². The molecule has 0 saturated heterocycles. The van der Waals surface area contributed by atoms with Gasteiger partial charge in [-0.3, -0.25) is 4.79 Å². The normalized spacial score (nSPS) is 19.4. The van der Waals surface area contributed by atoms with E-state index in [1.165, 1.54) is 0 Å². The lowest BCUT2D eigenvalue weighted by molar-refractivity contribution is -0.152. The molecule has 0 heterocycles. The fourth-order valence-electron chi connectivity index (χ4n) is 1.40. The molecule has 12 heavy (non-hydrogen) atoms. The van der Waals surface area contributed by atoms with E-state index < -0.39 is 5.92 Å². The summed E-state index contributed by atoms with van der Waals surface area (Å²) in [5.41, 5.74) is 0. The monoisotopic (exact) mass is 170 g/mol. The Bertz CT molecular complexity index is 173. The summed E-state index contributed by atoms with van der Waals surface area (Å²) >= 11 is 0. The van der Waals surface area contributed by atoms with Gasteiger partial charge in [-0.05, 0) is 25.7 Å². The molecule has 1 aliphatic carbocycles. The van der Waals surface area contributed by atoms with Crippen LogP contribution in [0.1, 0.15) is 26.2 Å². The molecule has 0 spiro atoms. The summed E-state index contributed by atoms with van der Waals surface area (Å²) in [5, 5.41) is 0. The molecular formula is C9H14O3. The number of hydrogen-bond donors (Lipinski definition) is 0. The molecule has 0 N–H and O–H groups in total. The highest BCUT2D eigenvalue weighted by molar-refractivity contribution is 5.88. The number of ether oxygens (including phenoxy) is 1. The molecule has 0 radical (unpaired) electrons. The highest BCUT2D eigenvalue weighted by Crippen LogP contribution is 2.33. The number of hydrogen-bond acceptors (Lipinski definition) is 3. The van der Waals surface area contributed by atoms with Gasteiger partial charge >= 0.3 is 5.97 Å². The lowest BCUT2D eigenvalue weighted by Crippen LogP contribution is -2.31. The van der Waals surface area contributed by atoms with E-state index >= 15 is 0 Å². The number of rotatable bonds is 4. The molecule has 0 aromatic rings. The summed E-state index contributed by atoms with van der Waals surface area (Å²) in [7, 11) is 0. The Balaban J connectivity index is 2.42. The predicted molar refractivity (Wildman–Crippen MR) is 43.5 cm³/mol. The fraction of sp³-hybridized carbons (Fsp3) is 0.778. The molecule has 1 aliphatic rings. The molecule has 1 rings (SSSR count). The van der Waals surface area contributed by atoms with Gasteiger partial charge in [-0.2, -0.15) is 0 Å². The quantitative estimate of drug-likeness (QED) is 0.361. The van der Waals surface area contributed by atoms with Crippen molar-refractivity contribution in [3.05, 3.63) is 0 Å². The molecule has 1 atom stereocenters. The zero-order valence-electron chi connectivity index (χ0n) is 7.29. The van der Waals surface area contributed by atoms with Crippen LogP contribution < -0.4 is 0 Å². The molecule has 0 aromatic heterocycles. The van der Waals surface area contributed by atoms with Crippen molar-refractivity contribution >= 4 is 12.3 Å². The molecule has 3 nitrogen and oxygen atoms in total. The third kappa shape index (κ3) is 1.84. The average molecular weight is 170 g/mol. The van der Waals surface area contributed by atoms with E-state index in [-0.39, 0.29) is 11.9 Å². The lowest BCUT2D eigenvalue weighted by atomic mass is 9.76.